The lowest BCUT2D eigenvalue weighted by molar-refractivity contribution is -0.139. The normalized spacial score (nSPS) is 27.4. The third-order valence-electron chi connectivity index (χ3n) is 6.95. The van der Waals surface area contributed by atoms with E-state index in [2.05, 4.69) is 58.8 Å². The van der Waals surface area contributed by atoms with Crippen LogP contribution in [0.25, 0.3) is 0 Å². The van der Waals surface area contributed by atoms with Crippen molar-refractivity contribution in [1.82, 2.24) is 10.6 Å². The van der Waals surface area contributed by atoms with E-state index in [0.29, 0.717) is 23.8 Å². The van der Waals surface area contributed by atoms with Crippen LogP contribution >= 0.6 is 11.8 Å². The zero-order chi connectivity index (χ0) is 28.6. The largest absolute Gasteiger partial charge is 0.459 e. The highest BCUT2D eigenvalue weighted by molar-refractivity contribution is 8.01. The molecular weight excluding hydrogens is 504 g/mol. The molecule has 2 fully saturated rings. The Morgan fingerprint density at radius 1 is 1.00 bits per heavy atom. The Balaban J connectivity index is 1.83. The second kappa shape index (κ2) is 13.9. The van der Waals surface area contributed by atoms with E-state index in [9.17, 15) is 14.4 Å². The molecule has 0 saturated heterocycles. The number of amides is 2. The van der Waals surface area contributed by atoms with Crippen molar-refractivity contribution in [2.24, 2.45) is 10.8 Å². The number of nitrogens with one attached hydrogen (secondary N) is 2. The summed E-state index contributed by atoms with van der Waals surface area (Å²) in [6.45, 7) is 18.7. The van der Waals surface area contributed by atoms with Crippen LogP contribution < -0.4 is 10.6 Å². The molecule has 2 saturated carbocycles. The van der Waals surface area contributed by atoms with Crippen LogP contribution in [0.4, 0.5) is 9.59 Å². The second-order valence-electron chi connectivity index (χ2n) is 13.2. The van der Waals surface area contributed by atoms with Gasteiger partial charge in [-0.2, -0.15) is 11.8 Å². The number of ether oxygens (including phenoxy) is 3. The number of hydrogen-bond donors (Lipinski definition) is 2. The van der Waals surface area contributed by atoms with E-state index in [-0.39, 0.29) is 47.0 Å². The molecule has 2 amide bonds. The van der Waals surface area contributed by atoms with Crippen molar-refractivity contribution in [3.05, 3.63) is 12.2 Å². The number of thioether (sulfide) groups is 1. The molecule has 218 valence electrons. The van der Waals surface area contributed by atoms with Crippen molar-refractivity contribution in [3.8, 4) is 0 Å². The standard InChI is InChI=1S/C29H50N2O6S/c1-20(2)24(32)35-13-14-36-26(34)31-21-16-28(6,7)18-29(8,17-21)19-30-25(33)37-22-11-9-10-12-23(15-22)38-27(3,4)5/h21-23H,1,9-19H2,2-8H3,(H,30,33)(H,31,34). The van der Waals surface area contributed by atoms with Crippen LogP contribution in [0.2, 0.25) is 0 Å². The van der Waals surface area contributed by atoms with E-state index in [0.717, 1.165) is 32.1 Å². The van der Waals surface area contributed by atoms with Crippen molar-refractivity contribution >= 4 is 29.9 Å². The lowest BCUT2D eigenvalue weighted by Crippen LogP contribution is -2.50. The van der Waals surface area contributed by atoms with Gasteiger partial charge in [-0.05, 0) is 62.7 Å². The second-order valence-corrected chi connectivity index (χ2v) is 15.3. The van der Waals surface area contributed by atoms with Gasteiger partial charge in [0.1, 0.15) is 19.3 Å². The van der Waals surface area contributed by atoms with E-state index in [4.69, 9.17) is 14.2 Å². The molecule has 38 heavy (non-hydrogen) atoms. The zero-order valence-electron chi connectivity index (χ0n) is 24.6. The summed E-state index contributed by atoms with van der Waals surface area (Å²) in [4.78, 5) is 36.6. The van der Waals surface area contributed by atoms with Gasteiger partial charge in [-0.25, -0.2) is 14.4 Å². The molecule has 9 heteroatoms. The first kappa shape index (κ1) is 32.3. The molecule has 8 nitrogen and oxygen atoms in total. The Labute approximate surface area is 233 Å². The third-order valence-corrected chi connectivity index (χ3v) is 8.41. The van der Waals surface area contributed by atoms with Crippen molar-refractivity contribution in [1.29, 1.82) is 0 Å². The Kier molecular flexibility index (Phi) is 11.9. The maximum Gasteiger partial charge on any atom is 0.407 e. The quantitative estimate of drug-likeness (QED) is 0.112. The van der Waals surface area contributed by atoms with Gasteiger partial charge in [0.05, 0.1) is 0 Å². The molecule has 2 aliphatic carbocycles. The molecule has 2 rings (SSSR count). The molecule has 0 radical (unpaired) electrons. The molecule has 0 spiro atoms. The van der Waals surface area contributed by atoms with Crippen LogP contribution in [0.1, 0.15) is 99.8 Å². The summed E-state index contributed by atoms with van der Waals surface area (Å²) in [7, 11) is 0. The Morgan fingerprint density at radius 3 is 2.32 bits per heavy atom. The highest BCUT2D eigenvalue weighted by Gasteiger charge is 2.42. The molecule has 0 heterocycles. The number of carbonyl (C=O) groups is 3. The molecule has 2 aliphatic rings. The molecule has 0 aromatic carbocycles. The topological polar surface area (TPSA) is 103 Å². The molecule has 0 aromatic rings. The fourth-order valence-corrected chi connectivity index (χ4v) is 7.53. The van der Waals surface area contributed by atoms with E-state index in [1.54, 1.807) is 6.92 Å². The summed E-state index contributed by atoms with van der Waals surface area (Å²) in [5.74, 6) is -0.507. The Hall–Kier alpha value is -1.90. The molecule has 0 aliphatic heterocycles. The Bertz CT molecular complexity index is 839. The maximum atomic E-state index is 12.8. The molecule has 2 N–H and O–H groups in total. The zero-order valence-corrected chi connectivity index (χ0v) is 25.4. The SMILES string of the molecule is C=C(C)C(=O)OCCOC(=O)NC1CC(C)(C)CC(C)(CNC(=O)OC2CCCCC(SC(C)(C)C)C2)C1. The average molecular weight is 555 g/mol. The maximum absolute atomic E-state index is 12.8. The smallest absolute Gasteiger partial charge is 0.407 e. The summed E-state index contributed by atoms with van der Waals surface area (Å²) in [6.07, 6.45) is 6.76. The minimum Gasteiger partial charge on any atom is -0.459 e. The number of rotatable bonds is 9. The van der Waals surface area contributed by atoms with Crippen LogP contribution in [0.5, 0.6) is 0 Å². The van der Waals surface area contributed by atoms with Crippen molar-refractivity contribution < 1.29 is 28.6 Å². The lowest BCUT2D eigenvalue weighted by atomic mass is 9.62. The van der Waals surface area contributed by atoms with E-state index in [1.807, 2.05) is 11.8 Å². The van der Waals surface area contributed by atoms with Gasteiger partial charge in [0, 0.05) is 28.2 Å². The summed E-state index contributed by atoms with van der Waals surface area (Å²) in [5, 5.41) is 6.50. The van der Waals surface area contributed by atoms with Crippen molar-refractivity contribution in [2.45, 2.75) is 122 Å². The number of hydrogen-bond acceptors (Lipinski definition) is 7. The predicted molar refractivity (Wildman–Crippen MR) is 152 cm³/mol. The first-order valence-electron chi connectivity index (χ1n) is 13.9. The van der Waals surface area contributed by atoms with Gasteiger partial charge in [0.25, 0.3) is 0 Å². The monoisotopic (exact) mass is 554 g/mol. The van der Waals surface area contributed by atoms with Crippen LogP contribution in [0, 0.1) is 10.8 Å². The fourth-order valence-electron chi connectivity index (χ4n) is 5.94. The van der Waals surface area contributed by atoms with Crippen LogP contribution in [0.15, 0.2) is 12.2 Å². The molecule has 0 bridgehead atoms. The van der Waals surface area contributed by atoms with Gasteiger partial charge < -0.3 is 24.8 Å². The Morgan fingerprint density at radius 2 is 1.66 bits per heavy atom. The van der Waals surface area contributed by atoms with E-state index in [1.165, 1.54) is 12.8 Å². The minimum absolute atomic E-state index is 0.0182. The highest BCUT2D eigenvalue weighted by atomic mass is 32.2. The fraction of sp³-hybridized carbons (Fsp3) is 0.828. The number of carbonyl (C=O) groups excluding carboxylic acids is 3. The van der Waals surface area contributed by atoms with Crippen LogP contribution in [-0.2, 0) is 19.0 Å². The summed E-state index contributed by atoms with van der Waals surface area (Å²) in [5.41, 5.74) is 0.0735. The molecule has 0 aromatic heterocycles. The van der Waals surface area contributed by atoms with E-state index >= 15 is 0 Å². The van der Waals surface area contributed by atoms with Gasteiger partial charge in [0.2, 0.25) is 0 Å². The van der Waals surface area contributed by atoms with Gasteiger partial charge in [-0.15, -0.1) is 0 Å². The van der Waals surface area contributed by atoms with Gasteiger partial charge in [-0.3, -0.25) is 0 Å². The third kappa shape index (κ3) is 12.3. The molecule has 4 unspecified atom stereocenters. The van der Waals surface area contributed by atoms with E-state index < -0.39 is 12.1 Å². The first-order valence-corrected chi connectivity index (χ1v) is 14.8. The molecular formula is C29H50N2O6S. The van der Waals surface area contributed by atoms with Gasteiger partial charge >= 0.3 is 18.2 Å². The lowest BCUT2D eigenvalue weighted by Gasteiger charge is -2.46. The van der Waals surface area contributed by atoms with Crippen molar-refractivity contribution in [3.63, 3.8) is 0 Å². The summed E-state index contributed by atoms with van der Waals surface area (Å²) < 4.78 is 16.2. The summed E-state index contributed by atoms with van der Waals surface area (Å²) in [6, 6.07) is -0.0934. The highest BCUT2D eigenvalue weighted by Crippen LogP contribution is 2.46. The van der Waals surface area contributed by atoms with Gasteiger partial charge in [0.15, 0.2) is 0 Å². The summed E-state index contributed by atoms with van der Waals surface area (Å²) >= 11 is 1.99. The van der Waals surface area contributed by atoms with Crippen molar-refractivity contribution in [2.75, 3.05) is 19.8 Å². The minimum atomic E-state index is -0.537. The van der Waals surface area contributed by atoms with Gasteiger partial charge in [-0.1, -0.05) is 54.5 Å². The average Bonchev–Trinajstić information content (AvgIpc) is 2.97. The van der Waals surface area contributed by atoms with Crippen LogP contribution in [0.3, 0.4) is 0 Å². The first-order chi connectivity index (χ1) is 17.6. The number of alkyl carbamates (subject to hydrolysis) is 2. The number of esters is 1. The van der Waals surface area contributed by atoms with Crippen LogP contribution in [-0.4, -0.2) is 60.1 Å². The molecule has 4 atom stereocenters. The predicted octanol–water partition coefficient (Wildman–Crippen LogP) is 6.38.